The molecular formula is C37H64BN3O2. The Bertz CT molecular complexity index is 1050. The van der Waals surface area contributed by atoms with Crippen molar-refractivity contribution in [3.05, 3.63) is 52.9 Å². The largest absolute Gasteiger partial charge is 0.390 e. The van der Waals surface area contributed by atoms with Gasteiger partial charge < -0.3 is 15.1 Å². The minimum atomic E-state index is -0.469. The number of nitrogens with zero attached hydrogens (tertiary/aromatic N) is 1. The molecular weight excluding hydrogens is 529 g/mol. The van der Waals surface area contributed by atoms with Crippen molar-refractivity contribution in [1.82, 2.24) is 15.1 Å². The van der Waals surface area contributed by atoms with Crippen molar-refractivity contribution < 1.29 is 9.59 Å². The Labute approximate surface area is 265 Å². The van der Waals surface area contributed by atoms with Crippen molar-refractivity contribution in [2.45, 2.75) is 145 Å². The number of hydrogen-bond acceptors (Lipinski definition) is 2. The van der Waals surface area contributed by atoms with Crippen LogP contribution in [-0.2, 0) is 16.0 Å². The van der Waals surface area contributed by atoms with Gasteiger partial charge in [0.2, 0.25) is 11.8 Å². The van der Waals surface area contributed by atoms with Gasteiger partial charge in [0.05, 0.1) is 0 Å². The molecule has 0 saturated carbocycles. The second kappa shape index (κ2) is 21.2. The predicted octanol–water partition coefficient (Wildman–Crippen LogP) is 9.26. The van der Waals surface area contributed by atoms with Crippen LogP contribution < -0.4 is 10.6 Å². The van der Waals surface area contributed by atoms with E-state index in [0.29, 0.717) is 37.6 Å². The van der Waals surface area contributed by atoms with E-state index in [4.69, 9.17) is 0 Å². The molecule has 1 unspecified atom stereocenters. The molecule has 0 aromatic carbocycles. The molecule has 2 atom stereocenters. The third-order valence-electron chi connectivity index (χ3n) is 8.49. The summed E-state index contributed by atoms with van der Waals surface area (Å²) >= 11 is 0. The molecule has 6 heteroatoms. The highest BCUT2D eigenvalue weighted by molar-refractivity contribution is 6.54. The maximum absolute atomic E-state index is 13.2. The van der Waals surface area contributed by atoms with Gasteiger partial charge in [0.25, 0.3) is 6.85 Å². The first kappa shape index (κ1) is 38.5. The third kappa shape index (κ3) is 15.2. The summed E-state index contributed by atoms with van der Waals surface area (Å²) in [5.74, 6) is 1.24. The Morgan fingerprint density at radius 1 is 0.953 bits per heavy atom. The topological polar surface area (TPSA) is 63.1 Å². The number of rotatable bonds is 22. The Hall–Kier alpha value is -2.50. The molecule has 2 N–H and O–H groups in total. The summed E-state index contributed by atoms with van der Waals surface area (Å²) < 4.78 is 2.34. The lowest BCUT2D eigenvalue weighted by atomic mass is 9.67. The summed E-state index contributed by atoms with van der Waals surface area (Å²) in [6.45, 7) is 24.8. The molecule has 0 radical (unpaired) electrons. The van der Waals surface area contributed by atoms with Crippen molar-refractivity contribution >= 4 is 24.7 Å². The van der Waals surface area contributed by atoms with Gasteiger partial charge in [-0.2, -0.15) is 0 Å². The molecule has 0 bridgehead atoms. The monoisotopic (exact) mass is 594 g/mol. The Kier molecular flexibility index (Phi) is 19.0. The molecule has 0 aliphatic heterocycles. The van der Waals surface area contributed by atoms with Gasteiger partial charge in [-0.05, 0) is 80.7 Å². The molecule has 1 aromatic heterocycles. The fourth-order valence-corrected chi connectivity index (χ4v) is 5.56. The highest BCUT2D eigenvalue weighted by atomic mass is 16.2. The van der Waals surface area contributed by atoms with Crippen LogP contribution in [0.4, 0.5) is 0 Å². The van der Waals surface area contributed by atoms with E-state index in [9.17, 15) is 9.59 Å². The average Bonchev–Trinajstić information content (AvgIpc) is 3.35. The lowest BCUT2D eigenvalue weighted by molar-refractivity contribution is -0.129. The normalized spacial score (nSPS) is 13.6. The van der Waals surface area contributed by atoms with Crippen LogP contribution in [0.1, 0.15) is 130 Å². The highest BCUT2D eigenvalue weighted by Gasteiger charge is 2.21. The second-order valence-electron chi connectivity index (χ2n) is 13.3. The minimum Gasteiger partial charge on any atom is -0.390 e. The molecule has 0 saturated heterocycles. The first-order valence-electron chi connectivity index (χ1n) is 17.2. The van der Waals surface area contributed by atoms with Crippen molar-refractivity contribution in [3.63, 3.8) is 0 Å². The molecule has 1 rings (SSSR count). The van der Waals surface area contributed by atoms with E-state index in [0.717, 1.165) is 56.2 Å². The summed E-state index contributed by atoms with van der Waals surface area (Å²) in [6, 6.07) is 3.85. The van der Waals surface area contributed by atoms with Crippen LogP contribution in [-0.4, -0.2) is 35.7 Å². The van der Waals surface area contributed by atoms with Gasteiger partial charge in [-0.15, -0.1) is 0 Å². The van der Waals surface area contributed by atoms with Gasteiger partial charge >= 0.3 is 0 Å². The zero-order valence-electron chi connectivity index (χ0n) is 29.3. The van der Waals surface area contributed by atoms with Gasteiger partial charge in [-0.25, -0.2) is 0 Å². The number of amides is 2. The Morgan fingerprint density at radius 3 is 2.26 bits per heavy atom. The van der Waals surface area contributed by atoms with Crippen molar-refractivity contribution in [2.24, 2.45) is 11.8 Å². The number of aryl methyl sites for hydroxylation is 1. The molecule has 242 valence electrons. The van der Waals surface area contributed by atoms with E-state index in [1.165, 1.54) is 29.7 Å². The van der Waals surface area contributed by atoms with Crippen LogP contribution in [0.5, 0.6) is 0 Å². The van der Waals surface area contributed by atoms with Crippen LogP contribution in [0, 0.1) is 11.8 Å². The Balaban J connectivity index is 2.96. The number of carbonyl (C=O) groups excluding carboxylic acids is 2. The number of nitrogens with one attached hydrogen (secondary N) is 2. The van der Waals surface area contributed by atoms with Gasteiger partial charge in [0, 0.05) is 24.4 Å². The molecule has 0 spiro atoms. The van der Waals surface area contributed by atoms with E-state index in [2.05, 4.69) is 101 Å². The van der Waals surface area contributed by atoms with Crippen LogP contribution >= 0.6 is 0 Å². The quantitative estimate of drug-likeness (QED) is 0.0800. The smallest absolute Gasteiger partial charge is 0.253 e. The first-order chi connectivity index (χ1) is 20.4. The van der Waals surface area contributed by atoms with Crippen molar-refractivity contribution in [1.29, 1.82) is 0 Å². The van der Waals surface area contributed by atoms with Crippen LogP contribution in [0.2, 0.25) is 13.6 Å². The molecule has 5 nitrogen and oxygen atoms in total. The highest BCUT2D eigenvalue weighted by Crippen LogP contribution is 2.23. The molecule has 43 heavy (non-hydrogen) atoms. The van der Waals surface area contributed by atoms with Crippen LogP contribution in [0.15, 0.2) is 41.5 Å². The van der Waals surface area contributed by atoms with Crippen LogP contribution in [0.3, 0.4) is 0 Å². The van der Waals surface area contributed by atoms with Gasteiger partial charge in [-0.3, -0.25) is 9.59 Å². The number of aromatic nitrogens is 1. The molecule has 1 aromatic rings. The predicted molar refractivity (Wildman–Crippen MR) is 189 cm³/mol. The zero-order chi connectivity index (χ0) is 32.4. The fourth-order valence-electron chi connectivity index (χ4n) is 5.56. The maximum Gasteiger partial charge on any atom is 0.253 e. The van der Waals surface area contributed by atoms with E-state index in [-0.39, 0.29) is 18.7 Å². The molecule has 0 aliphatic carbocycles. The number of hydrogen-bond donors (Lipinski definition) is 2. The zero-order valence-corrected chi connectivity index (χ0v) is 29.3. The van der Waals surface area contributed by atoms with Gasteiger partial charge in [0.15, 0.2) is 0 Å². The van der Waals surface area contributed by atoms with E-state index in [1.54, 1.807) is 0 Å². The lowest BCUT2D eigenvalue weighted by Crippen LogP contribution is -2.47. The Morgan fingerprint density at radius 2 is 1.65 bits per heavy atom. The maximum atomic E-state index is 13.2. The van der Waals surface area contributed by atoms with Crippen LogP contribution in [0.25, 0.3) is 6.08 Å². The summed E-state index contributed by atoms with van der Waals surface area (Å²) in [5, 5.41) is 6.19. The fraction of sp³-hybridized carbons (Fsp3) is 0.676. The first-order valence-corrected chi connectivity index (χ1v) is 17.2. The van der Waals surface area contributed by atoms with E-state index in [1.807, 2.05) is 6.92 Å². The van der Waals surface area contributed by atoms with E-state index < -0.39 is 6.04 Å². The average molecular weight is 594 g/mol. The SMILES string of the molecule is C=C(C)/C=C(C)\C(=C\c1ccc(CCC(=O)N[C@@H](CCCCC(C)C(C)C)C(=O)NCCCCCC)n1B(C)C)CCC. The number of allylic oxidation sites excluding steroid dienone is 4. The second-order valence-corrected chi connectivity index (χ2v) is 13.3. The molecule has 0 aliphatic rings. The summed E-state index contributed by atoms with van der Waals surface area (Å²) in [6.07, 6.45) is 15.9. The summed E-state index contributed by atoms with van der Waals surface area (Å²) in [5.41, 5.74) is 5.94. The van der Waals surface area contributed by atoms with Gasteiger partial charge in [-0.1, -0.05) is 111 Å². The third-order valence-corrected chi connectivity index (χ3v) is 8.49. The molecule has 1 heterocycles. The minimum absolute atomic E-state index is 0.0404. The molecule has 0 fully saturated rings. The summed E-state index contributed by atoms with van der Waals surface area (Å²) in [4.78, 5) is 26.3. The molecule has 2 amide bonds. The van der Waals surface area contributed by atoms with Crippen molar-refractivity contribution in [2.75, 3.05) is 6.54 Å². The number of carbonyl (C=O) groups is 2. The van der Waals surface area contributed by atoms with Gasteiger partial charge in [0.1, 0.15) is 6.04 Å². The van der Waals surface area contributed by atoms with E-state index >= 15 is 0 Å². The standard InChI is InChI=1S/C37H64BN3O2/c1-11-13-14-17-25-39-37(43)35(20-16-15-19-30(7)29(5)6)40-36(42)24-23-33-21-22-34(41(33)38(9)10)27-32(18-12-2)31(8)26-28(3)4/h21-22,26-27,29-30,35H,3,11-20,23-25H2,1-2,4-10H3,(H,39,43)(H,40,42)/b31-26-,32-27+/t30?,35-/m0/s1. The summed E-state index contributed by atoms with van der Waals surface area (Å²) in [7, 11) is 0. The number of unbranched alkanes of at least 4 members (excludes halogenated alkanes) is 4. The van der Waals surface area contributed by atoms with Crippen molar-refractivity contribution in [3.8, 4) is 0 Å². The lowest BCUT2D eigenvalue weighted by Gasteiger charge is -2.20.